The zero-order chi connectivity index (χ0) is 15.4. The lowest BCUT2D eigenvalue weighted by molar-refractivity contribution is -0.126. The standard InChI is InChI=1S/C15H22FN3O2.2ClH/c1-9(2)18-13-7-10(16)3-5-12(13)19-15(20)14-6-4-11(8-17)21-14;;/h3,5,7,9,11,14,18H,4,6,8,17H2,1-2H3,(H,19,20);2*1H/t11-,14+;;/m1../s1. The zero-order valence-electron chi connectivity index (χ0n) is 13.2. The van der Waals surface area contributed by atoms with Gasteiger partial charge in [0.25, 0.3) is 5.91 Å². The van der Waals surface area contributed by atoms with Crippen molar-refractivity contribution in [1.82, 2.24) is 0 Å². The Hall–Kier alpha value is -1.08. The molecule has 0 saturated carbocycles. The summed E-state index contributed by atoms with van der Waals surface area (Å²) in [6.45, 7) is 4.31. The molecule has 23 heavy (non-hydrogen) atoms. The van der Waals surface area contributed by atoms with Crippen molar-refractivity contribution in [3.63, 3.8) is 0 Å². The van der Waals surface area contributed by atoms with Crippen LogP contribution in [0.5, 0.6) is 0 Å². The van der Waals surface area contributed by atoms with Crippen LogP contribution in [0.2, 0.25) is 0 Å². The molecular weight excluding hydrogens is 344 g/mol. The van der Waals surface area contributed by atoms with Gasteiger partial charge in [-0.2, -0.15) is 0 Å². The van der Waals surface area contributed by atoms with E-state index in [1.165, 1.54) is 12.1 Å². The van der Waals surface area contributed by atoms with E-state index >= 15 is 0 Å². The molecule has 1 fully saturated rings. The van der Waals surface area contributed by atoms with Gasteiger partial charge in [0.15, 0.2) is 0 Å². The van der Waals surface area contributed by atoms with E-state index in [0.717, 1.165) is 6.42 Å². The van der Waals surface area contributed by atoms with Crippen molar-refractivity contribution in [2.24, 2.45) is 5.73 Å². The molecule has 0 bridgehead atoms. The molecule has 132 valence electrons. The second kappa shape index (κ2) is 9.93. The molecule has 0 aromatic heterocycles. The molecule has 2 rings (SSSR count). The van der Waals surface area contributed by atoms with Crippen LogP contribution in [0.15, 0.2) is 18.2 Å². The average Bonchev–Trinajstić information content (AvgIpc) is 2.90. The van der Waals surface area contributed by atoms with Gasteiger partial charge < -0.3 is 21.1 Å². The Morgan fingerprint density at radius 3 is 2.61 bits per heavy atom. The molecule has 5 nitrogen and oxygen atoms in total. The SMILES string of the molecule is CC(C)Nc1cc(F)ccc1NC(=O)[C@@H]1CC[C@H](CN)O1.Cl.Cl. The summed E-state index contributed by atoms with van der Waals surface area (Å²) in [6, 6.07) is 4.37. The van der Waals surface area contributed by atoms with Crippen LogP contribution >= 0.6 is 24.8 Å². The number of ether oxygens (including phenoxy) is 1. The van der Waals surface area contributed by atoms with Crippen LogP contribution in [-0.4, -0.2) is 30.7 Å². The first-order valence-corrected chi connectivity index (χ1v) is 7.22. The molecule has 2 atom stereocenters. The molecule has 1 aliphatic heterocycles. The van der Waals surface area contributed by atoms with E-state index < -0.39 is 6.10 Å². The number of amides is 1. The third kappa shape index (κ3) is 6.14. The van der Waals surface area contributed by atoms with Crippen molar-refractivity contribution >= 4 is 42.1 Å². The summed E-state index contributed by atoms with van der Waals surface area (Å²) in [7, 11) is 0. The highest BCUT2D eigenvalue weighted by Crippen LogP contribution is 2.26. The van der Waals surface area contributed by atoms with E-state index in [1.807, 2.05) is 13.8 Å². The maximum absolute atomic E-state index is 13.3. The van der Waals surface area contributed by atoms with E-state index in [2.05, 4.69) is 10.6 Å². The lowest BCUT2D eigenvalue weighted by Gasteiger charge is -2.17. The Bertz CT molecular complexity index is 517. The number of hydrogen-bond donors (Lipinski definition) is 3. The van der Waals surface area contributed by atoms with Crippen LogP contribution in [0.3, 0.4) is 0 Å². The molecule has 8 heteroatoms. The normalized spacial score (nSPS) is 19.7. The molecule has 0 spiro atoms. The summed E-state index contributed by atoms with van der Waals surface area (Å²) in [5.74, 6) is -0.569. The quantitative estimate of drug-likeness (QED) is 0.747. The monoisotopic (exact) mass is 367 g/mol. The second-order valence-corrected chi connectivity index (χ2v) is 5.54. The summed E-state index contributed by atoms with van der Waals surface area (Å²) in [5.41, 5.74) is 6.65. The first-order chi connectivity index (χ1) is 9.99. The van der Waals surface area contributed by atoms with E-state index in [0.29, 0.717) is 24.3 Å². The summed E-state index contributed by atoms with van der Waals surface area (Å²) in [6.07, 6.45) is 0.898. The van der Waals surface area contributed by atoms with Gasteiger partial charge in [-0.3, -0.25) is 4.79 Å². The smallest absolute Gasteiger partial charge is 0.253 e. The van der Waals surface area contributed by atoms with E-state index in [4.69, 9.17) is 10.5 Å². The first-order valence-electron chi connectivity index (χ1n) is 7.22. The lowest BCUT2D eigenvalue weighted by atomic mass is 10.1. The number of halogens is 3. The third-order valence-electron chi connectivity index (χ3n) is 3.35. The van der Waals surface area contributed by atoms with Crippen molar-refractivity contribution in [2.75, 3.05) is 17.2 Å². The fourth-order valence-corrected chi connectivity index (χ4v) is 2.34. The minimum atomic E-state index is -0.490. The van der Waals surface area contributed by atoms with E-state index in [-0.39, 0.29) is 48.7 Å². The van der Waals surface area contributed by atoms with Gasteiger partial charge in [0.05, 0.1) is 17.5 Å². The molecule has 1 aromatic carbocycles. The highest BCUT2D eigenvalue weighted by molar-refractivity contribution is 5.97. The Balaban J connectivity index is 0.00000242. The van der Waals surface area contributed by atoms with E-state index in [1.54, 1.807) is 6.07 Å². The maximum Gasteiger partial charge on any atom is 0.253 e. The van der Waals surface area contributed by atoms with Crippen LogP contribution in [-0.2, 0) is 9.53 Å². The van der Waals surface area contributed by atoms with Gasteiger partial charge in [-0.05, 0) is 44.9 Å². The highest BCUT2D eigenvalue weighted by Gasteiger charge is 2.30. The Labute approximate surface area is 148 Å². The summed E-state index contributed by atoms with van der Waals surface area (Å²) in [4.78, 5) is 12.2. The highest BCUT2D eigenvalue weighted by atomic mass is 35.5. The van der Waals surface area contributed by atoms with Crippen LogP contribution in [0.25, 0.3) is 0 Å². The molecule has 0 unspecified atom stereocenters. The number of anilines is 2. The second-order valence-electron chi connectivity index (χ2n) is 5.54. The molecule has 1 saturated heterocycles. The minimum Gasteiger partial charge on any atom is -0.381 e. The van der Waals surface area contributed by atoms with E-state index in [9.17, 15) is 9.18 Å². The molecule has 4 N–H and O–H groups in total. The fraction of sp³-hybridized carbons (Fsp3) is 0.533. The van der Waals surface area contributed by atoms with Crippen LogP contribution < -0.4 is 16.4 Å². The van der Waals surface area contributed by atoms with Crippen molar-refractivity contribution < 1.29 is 13.9 Å². The molecule has 1 aromatic rings. The molecule has 1 aliphatic rings. The van der Waals surface area contributed by atoms with Gasteiger partial charge in [0.2, 0.25) is 0 Å². The molecule has 0 radical (unpaired) electrons. The maximum atomic E-state index is 13.3. The van der Waals surface area contributed by atoms with Crippen LogP contribution in [0, 0.1) is 5.82 Å². The zero-order valence-corrected chi connectivity index (χ0v) is 14.8. The van der Waals surface area contributed by atoms with Gasteiger partial charge in [0, 0.05) is 12.6 Å². The molecular formula is C15H24Cl2FN3O2. The first kappa shape index (κ1) is 21.9. The lowest BCUT2D eigenvalue weighted by Crippen LogP contribution is -2.30. The minimum absolute atomic E-state index is 0. The largest absolute Gasteiger partial charge is 0.381 e. The topological polar surface area (TPSA) is 76.4 Å². The number of nitrogens with two attached hydrogens (primary N) is 1. The Morgan fingerprint density at radius 2 is 2.04 bits per heavy atom. The van der Waals surface area contributed by atoms with Gasteiger partial charge >= 0.3 is 0 Å². The van der Waals surface area contributed by atoms with Crippen LogP contribution in [0.1, 0.15) is 26.7 Å². The molecule has 1 amide bonds. The Morgan fingerprint density at radius 1 is 1.35 bits per heavy atom. The number of hydrogen-bond acceptors (Lipinski definition) is 4. The predicted molar refractivity (Wildman–Crippen MR) is 95.2 cm³/mol. The van der Waals surface area contributed by atoms with Crippen molar-refractivity contribution in [3.05, 3.63) is 24.0 Å². The van der Waals surface area contributed by atoms with Crippen molar-refractivity contribution in [3.8, 4) is 0 Å². The van der Waals surface area contributed by atoms with Crippen LogP contribution in [0.4, 0.5) is 15.8 Å². The van der Waals surface area contributed by atoms with Gasteiger partial charge in [-0.25, -0.2) is 4.39 Å². The summed E-state index contributed by atoms with van der Waals surface area (Å²) < 4.78 is 18.9. The van der Waals surface area contributed by atoms with Crippen molar-refractivity contribution in [1.29, 1.82) is 0 Å². The number of carbonyl (C=O) groups is 1. The Kier molecular flexibility index (Phi) is 9.46. The number of nitrogens with one attached hydrogen (secondary N) is 2. The number of benzene rings is 1. The average molecular weight is 368 g/mol. The summed E-state index contributed by atoms with van der Waals surface area (Å²) in [5, 5.41) is 5.91. The van der Waals surface area contributed by atoms with Gasteiger partial charge in [-0.1, -0.05) is 0 Å². The molecule has 1 heterocycles. The summed E-state index contributed by atoms with van der Waals surface area (Å²) >= 11 is 0. The number of rotatable bonds is 5. The number of carbonyl (C=O) groups excluding carboxylic acids is 1. The van der Waals surface area contributed by atoms with Gasteiger partial charge in [0.1, 0.15) is 11.9 Å². The predicted octanol–water partition coefficient (Wildman–Crippen LogP) is 2.93. The van der Waals surface area contributed by atoms with Gasteiger partial charge in [-0.15, -0.1) is 24.8 Å². The third-order valence-corrected chi connectivity index (χ3v) is 3.35. The molecule has 0 aliphatic carbocycles. The fourth-order valence-electron chi connectivity index (χ4n) is 2.34. The van der Waals surface area contributed by atoms with Crippen molar-refractivity contribution in [2.45, 2.75) is 44.9 Å².